The quantitative estimate of drug-likeness (QED) is 0.708. The molecule has 0 amide bonds. The molecule has 1 aliphatic carbocycles. The zero-order chi connectivity index (χ0) is 15.1. The lowest BCUT2D eigenvalue weighted by atomic mass is 9.90. The molecule has 0 bridgehead atoms. The topological polar surface area (TPSA) is 39.1 Å². The number of unbranched alkanes of at least 4 members (excludes halogenated alkanes) is 2. The maximum absolute atomic E-state index is 9.89. The normalized spacial score (nSPS) is 17.4. The van der Waals surface area contributed by atoms with Gasteiger partial charge in [-0.1, -0.05) is 50.1 Å². The average molecular weight is 285 g/mol. The maximum atomic E-state index is 9.89. The second kappa shape index (κ2) is 7.59. The number of hydrogen-bond acceptors (Lipinski definition) is 3. The van der Waals surface area contributed by atoms with Gasteiger partial charge in [0.15, 0.2) is 0 Å². The first-order chi connectivity index (χ1) is 10.2. The molecule has 1 atom stereocenters. The molecule has 2 rings (SSSR count). The van der Waals surface area contributed by atoms with E-state index in [1.165, 1.54) is 32.1 Å². The molecule has 1 saturated carbocycles. The van der Waals surface area contributed by atoms with Crippen molar-refractivity contribution in [2.45, 2.75) is 50.6 Å². The van der Waals surface area contributed by atoms with E-state index in [1.54, 1.807) is 0 Å². The highest BCUT2D eigenvalue weighted by atomic mass is 15.2. The van der Waals surface area contributed by atoms with Gasteiger partial charge in [0.2, 0.25) is 0 Å². The van der Waals surface area contributed by atoms with Crippen molar-refractivity contribution >= 4 is 0 Å². The number of nitrogens with one attached hydrogen (secondary N) is 1. The van der Waals surface area contributed by atoms with Gasteiger partial charge < -0.3 is 4.90 Å². The summed E-state index contributed by atoms with van der Waals surface area (Å²) in [6, 6.07) is 13.3. The van der Waals surface area contributed by atoms with Crippen LogP contribution in [0.2, 0.25) is 0 Å². The zero-order valence-electron chi connectivity index (χ0n) is 13.3. The summed E-state index contributed by atoms with van der Waals surface area (Å²) < 4.78 is 0. The highest BCUT2D eigenvalue weighted by molar-refractivity contribution is 5.32. The van der Waals surface area contributed by atoms with Gasteiger partial charge in [-0.25, -0.2) is 0 Å². The van der Waals surface area contributed by atoms with Crippen molar-refractivity contribution in [3.05, 3.63) is 35.9 Å². The van der Waals surface area contributed by atoms with Crippen LogP contribution in [0.25, 0.3) is 0 Å². The molecule has 0 aromatic heterocycles. The summed E-state index contributed by atoms with van der Waals surface area (Å²) in [6.45, 7) is 4.02. The van der Waals surface area contributed by atoms with Crippen LogP contribution in [0, 0.1) is 11.3 Å². The molecule has 0 aliphatic heterocycles. The Hall–Kier alpha value is -1.37. The number of nitriles is 1. The van der Waals surface area contributed by atoms with Gasteiger partial charge in [-0.2, -0.15) is 5.26 Å². The Labute approximate surface area is 129 Å². The molecule has 3 heteroatoms. The second-order valence-corrected chi connectivity index (χ2v) is 6.25. The molecule has 1 N–H and O–H groups in total. The van der Waals surface area contributed by atoms with Crippen molar-refractivity contribution in [2.75, 3.05) is 20.1 Å². The Bertz CT molecular complexity index is 461. The van der Waals surface area contributed by atoms with Crippen LogP contribution in [0.5, 0.6) is 0 Å². The largest absolute Gasteiger partial charge is 0.303 e. The summed E-state index contributed by atoms with van der Waals surface area (Å²) in [7, 11) is 2.12. The summed E-state index contributed by atoms with van der Waals surface area (Å²) in [6.07, 6.45) is 6.07. The molecule has 1 aliphatic rings. The van der Waals surface area contributed by atoms with E-state index >= 15 is 0 Å². The molecule has 0 spiro atoms. The van der Waals surface area contributed by atoms with Crippen LogP contribution in [0.4, 0.5) is 0 Å². The third-order valence-corrected chi connectivity index (χ3v) is 4.14. The maximum Gasteiger partial charge on any atom is 0.145 e. The van der Waals surface area contributed by atoms with Crippen molar-refractivity contribution in [2.24, 2.45) is 0 Å². The molecule has 1 fully saturated rings. The van der Waals surface area contributed by atoms with E-state index in [-0.39, 0.29) is 0 Å². The highest BCUT2D eigenvalue weighted by Crippen LogP contribution is 2.29. The molecule has 0 saturated heterocycles. The fraction of sp³-hybridized carbons (Fsp3) is 0.611. The summed E-state index contributed by atoms with van der Waals surface area (Å²) >= 11 is 0. The van der Waals surface area contributed by atoms with E-state index < -0.39 is 5.54 Å². The summed E-state index contributed by atoms with van der Waals surface area (Å²) in [4.78, 5) is 2.29. The Kier molecular flexibility index (Phi) is 5.78. The predicted molar refractivity (Wildman–Crippen MR) is 86.9 cm³/mol. The number of benzene rings is 1. The molecule has 3 nitrogen and oxygen atoms in total. The summed E-state index contributed by atoms with van der Waals surface area (Å²) in [5.41, 5.74) is 0.505. The van der Waals surface area contributed by atoms with E-state index in [0.717, 1.165) is 18.7 Å². The first-order valence-corrected chi connectivity index (χ1v) is 8.13. The summed E-state index contributed by atoms with van der Waals surface area (Å²) in [5, 5.41) is 13.5. The van der Waals surface area contributed by atoms with E-state index in [0.29, 0.717) is 6.04 Å². The van der Waals surface area contributed by atoms with Crippen molar-refractivity contribution < 1.29 is 0 Å². The molecule has 1 aromatic carbocycles. The van der Waals surface area contributed by atoms with Crippen LogP contribution < -0.4 is 5.32 Å². The molecule has 1 aromatic rings. The Morgan fingerprint density at radius 2 is 2.00 bits per heavy atom. The van der Waals surface area contributed by atoms with Crippen LogP contribution in [-0.4, -0.2) is 31.1 Å². The van der Waals surface area contributed by atoms with Crippen molar-refractivity contribution in [1.82, 2.24) is 10.2 Å². The molecule has 21 heavy (non-hydrogen) atoms. The molecule has 114 valence electrons. The monoisotopic (exact) mass is 285 g/mol. The number of rotatable bonds is 9. The zero-order valence-corrected chi connectivity index (χ0v) is 13.3. The van der Waals surface area contributed by atoms with E-state index in [2.05, 4.69) is 42.4 Å². The Balaban J connectivity index is 2.09. The third kappa shape index (κ3) is 4.56. The number of likely N-dealkylation sites (N-methyl/N-ethyl adjacent to an activating group) is 1. The van der Waals surface area contributed by atoms with Gasteiger partial charge in [0.25, 0.3) is 0 Å². The fourth-order valence-electron chi connectivity index (χ4n) is 2.77. The number of nitrogens with zero attached hydrogens (tertiary/aromatic N) is 2. The minimum Gasteiger partial charge on any atom is -0.303 e. The van der Waals surface area contributed by atoms with Crippen LogP contribution in [0.1, 0.15) is 44.6 Å². The van der Waals surface area contributed by atoms with Gasteiger partial charge in [-0.3, -0.25) is 5.32 Å². The first kappa shape index (κ1) is 16.0. The van der Waals surface area contributed by atoms with Crippen LogP contribution in [-0.2, 0) is 5.54 Å². The van der Waals surface area contributed by atoms with E-state index in [9.17, 15) is 5.26 Å². The Morgan fingerprint density at radius 3 is 2.57 bits per heavy atom. The third-order valence-electron chi connectivity index (χ3n) is 4.14. The molecule has 0 heterocycles. The van der Waals surface area contributed by atoms with Gasteiger partial charge in [-0.05, 0) is 38.4 Å². The lowest BCUT2D eigenvalue weighted by Crippen LogP contribution is -2.50. The Morgan fingerprint density at radius 1 is 1.29 bits per heavy atom. The minimum atomic E-state index is -0.580. The highest BCUT2D eigenvalue weighted by Gasteiger charge is 2.38. The number of hydrogen-bond donors (Lipinski definition) is 1. The standard InChI is InChI=1S/C18H27N3/c1-3-4-8-13-21(2)15-18(14-19,20-17-11-12-17)16-9-6-5-7-10-16/h5-7,9-10,17,20H,3-4,8,11-13,15H2,1-2H3. The smallest absolute Gasteiger partial charge is 0.145 e. The van der Waals surface area contributed by atoms with E-state index in [1.807, 2.05) is 18.2 Å². The molecular formula is C18H27N3. The van der Waals surface area contributed by atoms with Gasteiger partial charge in [0.1, 0.15) is 5.54 Å². The second-order valence-electron chi connectivity index (χ2n) is 6.25. The SMILES string of the molecule is CCCCCN(C)CC(C#N)(NC1CC1)c1ccccc1. The molecule has 1 unspecified atom stereocenters. The average Bonchev–Trinajstić information content (AvgIpc) is 3.31. The minimum absolute atomic E-state index is 0.508. The lowest BCUT2D eigenvalue weighted by molar-refractivity contribution is 0.243. The van der Waals surface area contributed by atoms with Gasteiger partial charge >= 0.3 is 0 Å². The van der Waals surface area contributed by atoms with Gasteiger partial charge in [0.05, 0.1) is 6.07 Å². The molecular weight excluding hydrogens is 258 g/mol. The lowest BCUT2D eigenvalue weighted by Gasteiger charge is -2.33. The summed E-state index contributed by atoms with van der Waals surface area (Å²) in [5.74, 6) is 0. The van der Waals surface area contributed by atoms with Gasteiger partial charge in [-0.15, -0.1) is 0 Å². The first-order valence-electron chi connectivity index (χ1n) is 8.13. The van der Waals surface area contributed by atoms with Crippen molar-refractivity contribution in [1.29, 1.82) is 5.26 Å². The predicted octanol–water partition coefficient (Wildman–Crippen LogP) is 3.28. The fourth-order valence-corrected chi connectivity index (χ4v) is 2.77. The molecule has 0 radical (unpaired) electrons. The van der Waals surface area contributed by atoms with Crippen molar-refractivity contribution in [3.63, 3.8) is 0 Å². The van der Waals surface area contributed by atoms with Gasteiger partial charge in [0, 0.05) is 12.6 Å². The van der Waals surface area contributed by atoms with Crippen LogP contribution in [0.3, 0.4) is 0 Å². The van der Waals surface area contributed by atoms with Crippen molar-refractivity contribution in [3.8, 4) is 6.07 Å². The van der Waals surface area contributed by atoms with Crippen LogP contribution >= 0.6 is 0 Å². The van der Waals surface area contributed by atoms with Crippen LogP contribution in [0.15, 0.2) is 30.3 Å². The van der Waals surface area contributed by atoms with E-state index in [4.69, 9.17) is 0 Å².